The number of likely N-dealkylation sites (tertiary alicyclic amines) is 1. The van der Waals surface area contributed by atoms with Crippen molar-refractivity contribution in [2.24, 2.45) is 12.5 Å². The number of benzene rings is 1. The van der Waals surface area contributed by atoms with Gasteiger partial charge in [0.15, 0.2) is 0 Å². The summed E-state index contributed by atoms with van der Waals surface area (Å²) in [5, 5.41) is 11.4. The molecular formula is C29H35N7O2. The predicted molar refractivity (Wildman–Crippen MR) is 142 cm³/mol. The summed E-state index contributed by atoms with van der Waals surface area (Å²) in [6, 6.07) is 9.98. The molecule has 0 radical (unpaired) electrons. The van der Waals surface area contributed by atoms with E-state index in [-0.39, 0.29) is 11.3 Å². The highest BCUT2D eigenvalue weighted by Crippen LogP contribution is 2.52. The molecule has 1 aromatic carbocycles. The van der Waals surface area contributed by atoms with Crippen LogP contribution in [0.2, 0.25) is 0 Å². The molecule has 3 aromatic rings. The maximum Gasteiger partial charge on any atom is 0.274 e. The second-order valence-electron chi connectivity index (χ2n) is 12.0. The Morgan fingerprint density at radius 2 is 2.03 bits per heavy atom. The fraction of sp³-hybridized carbons (Fsp3) is 0.552. The molecular weight excluding hydrogens is 478 g/mol. The van der Waals surface area contributed by atoms with Gasteiger partial charge in [-0.1, -0.05) is 12.1 Å². The van der Waals surface area contributed by atoms with E-state index in [0.717, 1.165) is 60.8 Å². The number of amides is 1. The van der Waals surface area contributed by atoms with E-state index < -0.39 is 0 Å². The van der Waals surface area contributed by atoms with Gasteiger partial charge in [-0.3, -0.25) is 4.79 Å². The SMILES string of the molecule is Cn1cnnc1CC1(c2cccc(NC(=O)c3cc(CCN4CCC5(CC5)C4)nc(C4CC4)n3)c2)COC1. The van der Waals surface area contributed by atoms with Gasteiger partial charge in [-0.15, -0.1) is 10.2 Å². The van der Waals surface area contributed by atoms with Crippen LogP contribution >= 0.6 is 0 Å². The number of hydrogen-bond donors (Lipinski definition) is 1. The summed E-state index contributed by atoms with van der Waals surface area (Å²) < 4.78 is 7.58. The number of rotatable bonds is 9. The minimum Gasteiger partial charge on any atom is -0.379 e. The van der Waals surface area contributed by atoms with Crippen molar-refractivity contribution >= 4 is 11.6 Å². The average Bonchev–Trinajstić information content (AvgIpc) is 3.80. The van der Waals surface area contributed by atoms with E-state index in [4.69, 9.17) is 9.72 Å². The number of hydrogen-bond acceptors (Lipinski definition) is 7. The lowest BCUT2D eigenvalue weighted by atomic mass is 9.75. The van der Waals surface area contributed by atoms with Crippen LogP contribution in [0.4, 0.5) is 5.69 Å². The van der Waals surface area contributed by atoms with Gasteiger partial charge in [0.05, 0.1) is 13.2 Å². The van der Waals surface area contributed by atoms with Crippen molar-refractivity contribution in [3.05, 3.63) is 65.3 Å². The Hall–Kier alpha value is -3.17. The topological polar surface area (TPSA) is 98.1 Å². The maximum absolute atomic E-state index is 13.4. The third-order valence-corrected chi connectivity index (χ3v) is 8.92. The Labute approximate surface area is 223 Å². The first-order valence-corrected chi connectivity index (χ1v) is 13.9. The Morgan fingerprint density at radius 1 is 1.16 bits per heavy atom. The zero-order valence-corrected chi connectivity index (χ0v) is 22.0. The summed E-state index contributed by atoms with van der Waals surface area (Å²) in [5.41, 5.74) is 3.79. The molecule has 7 rings (SSSR count). The standard InChI is InChI=1S/C29H35N7O2/c1-35-19-30-34-25(35)15-29(17-38-18-29)21-3-2-4-22(13-21)32-27(37)24-14-23(31-26(33-24)20-5-6-20)7-11-36-12-10-28(16-36)8-9-28/h2-4,13-14,19-20H,5-12,15-18H2,1H3,(H,32,37). The number of ether oxygens (including phenoxy) is 1. The van der Waals surface area contributed by atoms with E-state index in [1.165, 1.54) is 32.4 Å². The van der Waals surface area contributed by atoms with Crippen LogP contribution in [0.3, 0.4) is 0 Å². The third kappa shape index (κ3) is 4.73. The lowest BCUT2D eigenvalue weighted by Gasteiger charge is -2.41. The normalized spacial score (nSPS) is 21.4. The number of aryl methyl sites for hydroxylation is 1. The highest BCUT2D eigenvalue weighted by atomic mass is 16.5. The van der Waals surface area contributed by atoms with Crippen LogP contribution in [-0.2, 0) is 30.0 Å². The van der Waals surface area contributed by atoms with Gasteiger partial charge in [0, 0.05) is 55.7 Å². The lowest BCUT2D eigenvalue weighted by molar-refractivity contribution is -0.0610. The van der Waals surface area contributed by atoms with Crippen molar-refractivity contribution < 1.29 is 9.53 Å². The fourth-order valence-corrected chi connectivity index (χ4v) is 5.97. The van der Waals surface area contributed by atoms with Crippen LogP contribution in [0.5, 0.6) is 0 Å². The van der Waals surface area contributed by atoms with Crippen LogP contribution in [0.1, 0.15) is 71.4 Å². The molecule has 1 spiro atoms. The van der Waals surface area contributed by atoms with E-state index in [1.54, 1.807) is 6.33 Å². The predicted octanol–water partition coefficient (Wildman–Crippen LogP) is 3.27. The summed E-state index contributed by atoms with van der Waals surface area (Å²) in [4.78, 5) is 25.5. The highest BCUT2D eigenvalue weighted by molar-refractivity contribution is 6.03. The van der Waals surface area contributed by atoms with Crippen LogP contribution in [0.25, 0.3) is 0 Å². The largest absolute Gasteiger partial charge is 0.379 e. The summed E-state index contributed by atoms with van der Waals surface area (Å²) in [6.07, 6.45) is 9.65. The molecule has 9 heteroatoms. The Morgan fingerprint density at radius 3 is 2.71 bits per heavy atom. The van der Waals surface area contributed by atoms with Gasteiger partial charge in [0.25, 0.3) is 5.91 Å². The summed E-state index contributed by atoms with van der Waals surface area (Å²) >= 11 is 0. The smallest absolute Gasteiger partial charge is 0.274 e. The second-order valence-corrected chi connectivity index (χ2v) is 12.0. The third-order valence-electron chi connectivity index (χ3n) is 8.92. The van der Waals surface area contributed by atoms with E-state index in [1.807, 2.05) is 29.8 Å². The first-order valence-electron chi connectivity index (χ1n) is 13.9. The van der Waals surface area contributed by atoms with Gasteiger partial charge < -0.3 is 19.5 Å². The molecule has 38 heavy (non-hydrogen) atoms. The van der Waals surface area contributed by atoms with E-state index >= 15 is 0 Å². The van der Waals surface area contributed by atoms with E-state index in [9.17, 15) is 4.79 Å². The maximum atomic E-state index is 13.4. The molecule has 198 valence electrons. The number of nitrogens with one attached hydrogen (secondary N) is 1. The number of carbonyl (C=O) groups excluding carboxylic acids is 1. The lowest BCUT2D eigenvalue weighted by Crippen LogP contribution is -2.49. The van der Waals surface area contributed by atoms with Crippen LogP contribution in [0.15, 0.2) is 36.7 Å². The van der Waals surface area contributed by atoms with Gasteiger partial charge in [-0.25, -0.2) is 9.97 Å². The van der Waals surface area contributed by atoms with Crippen molar-refractivity contribution in [2.75, 3.05) is 38.2 Å². The van der Waals surface area contributed by atoms with Crippen LogP contribution < -0.4 is 5.32 Å². The molecule has 0 atom stereocenters. The summed E-state index contributed by atoms with van der Waals surface area (Å²) in [7, 11) is 1.96. The first-order chi connectivity index (χ1) is 18.5. The van der Waals surface area contributed by atoms with Crippen molar-refractivity contribution in [3.63, 3.8) is 0 Å². The molecule has 4 aliphatic rings. The first kappa shape index (κ1) is 23.9. The fourth-order valence-electron chi connectivity index (χ4n) is 5.97. The minimum atomic E-state index is -0.182. The molecule has 2 saturated heterocycles. The molecule has 9 nitrogen and oxygen atoms in total. The quantitative estimate of drug-likeness (QED) is 0.469. The van der Waals surface area contributed by atoms with Crippen molar-refractivity contribution in [1.29, 1.82) is 0 Å². The second kappa shape index (κ2) is 9.24. The number of aromatic nitrogens is 5. The number of nitrogens with zero attached hydrogens (tertiary/aromatic N) is 6. The Bertz CT molecular complexity index is 1360. The van der Waals surface area contributed by atoms with Gasteiger partial charge in [-0.2, -0.15) is 0 Å². The summed E-state index contributed by atoms with van der Waals surface area (Å²) in [5.74, 6) is 1.96. The van der Waals surface area contributed by atoms with Crippen molar-refractivity contribution in [3.8, 4) is 0 Å². The minimum absolute atomic E-state index is 0.169. The average molecular weight is 514 g/mol. The van der Waals surface area contributed by atoms with E-state index in [0.29, 0.717) is 30.2 Å². The van der Waals surface area contributed by atoms with E-state index in [2.05, 4.69) is 37.5 Å². The van der Waals surface area contributed by atoms with Crippen molar-refractivity contribution in [2.45, 2.75) is 56.3 Å². The molecule has 1 amide bonds. The zero-order chi connectivity index (χ0) is 25.7. The monoisotopic (exact) mass is 513 g/mol. The Balaban J connectivity index is 1.07. The Kier molecular flexibility index (Phi) is 5.81. The van der Waals surface area contributed by atoms with Gasteiger partial charge in [0.2, 0.25) is 0 Å². The molecule has 2 aliphatic heterocycles. The molecule has 0 bridgehead atoms. The van der Waals surface area contributed by atoms with Gasteiger partial charge in [0.1, 0.15) is 23.7 Å². The molecule has 4 heterocycles. The summed E-state index contributed by atoms with van der Waals surface area (Å²) in [6.45, 7) is 4.65. The molecule has 1 N–H and O–H groups in total. The highest BCUT2D eigenvalue weighted by Gasteiger charge is 2.47. The van der Waals surface area contributed by atoms with Gasteiger partial charge >= 0.3 is 0 Å². The van der Waals surface area contributed by atoms with Crippen LogP contribution in [-0.4, -0.2) is 68.4 Å². The zero-order valence-electron chi connectivity index (χ0n) is 22.0. The molecule has 2 saturated carbocycles. The van der Waals surface area contributed by atoms with Crippen LogP contribution in [0, 0.1) is 5.41 Å². The van der Waals surface area contributed by atoms with Crippen molar-refractivity contribution in [1.82, 2.24) is 29.6 Å². The molecule has 4 fully saturated rings. The number of anilines is 1. The molecule has 2 aliphatic carbocycles. The number of carbonyl (C=O) groups is 1. The van der Waals surface area contributed by atoms with Gasteiger partial charge in [-0.05, 0) is 67.8 Å². The molecule has 0 unspecified atom stereocenters. The molecule has 2 aromatic heterocycles.